The number of aryl methyl sites for hydroxylation is 1. The second-order valence-electron chi connectivity index (χ2n) is 8.20. The largest absolute Gasteiger partial charge is 0.313 e. The number of nitrogens with one attached hydrogen (secondary N) is 1. The van der Waals surface area contributed by atoms with Crippen LogP contribution >= 0.6 is 11.3 Å². The number of tetrazole rings is 1. The van der Waals surface area contributed by atoms with Crippen LogP contribution in [0.2, 0.25) is 0 Å². The van der Waals surface area contributed by atoms with E-state index in [0.717, 1.165) is 28.7 Å². The Morgan fingerprint density at radius 3 is 2.49 bits per heavy atom. The highest BCUT2D eigenvalue weighted by Gasteiger charge is 2.37. The normalized spacial score (nSPS) is 11.7. The predicted octanol–water partition coefficient (Wildman–Crippen LogP) is 5.52. The molecule has 0 bridgehead atoms. The third-order valence-corrected chi connectivity index (χ3v) is 6.51. The fourth-order valence-corrected chi connectivity index (χ4v) is 4.70. The summed E-state index contributed by atoms with van der Waals surface area (Å²) in [6.07, 6.45) is 0.980. The van der Waals surface area contributed by atoms with Gasteiger partial charge in [0.2, 0.25) is 11.6 Å². The molecule has 0 saturated heterocycles. The molecule has 5 aromatic rings. The van der Waals surface area contributed by atoms with E-state index in [4.69, 9.17) is 0 Å². The number of alkyl halides is 2. The predicted molar refractivity (Wildman–Crippen MR) is 130 cm³/mol. The Bertz CT molecular complexity index is 1380. The molecule has 7 nitrogen and oxygen atoms in total. The molecule has 3 heterocycles. The lowest BCUT2D eigenvalue weighted by atomic mass is 9.98. The van der Waals surface area contributed by atoms with Crippen molar-refractivity contribution in [1.29, 1.82) is 0 Å². The highest BCUT2D eigenvalue weighted by Crippen LogP contribution is 2.32. The number of hydrogen-bond donors (Lipinski definition) is 1. The van der Waals surface area contributed by atoms with Crippen LogP contribution < -0.4 is 0 Å². The van der Waals surface area contributed by atoms with E-state index in [0.29, 0.717) is 29.5 Å². The van der Waals surface area contributed by atoms with E-state index in [1.54, 1.807) is 22.2 Å². The Balaban J connectivity index is 1.39. The van der Waals surface area contributed by atoms with Gasteiger partial charge in [0.05, 0.1) is 13.0 Å². The van der Waals surface area contributed by atoms with Crippen LogP contribution in [-0.2, 0) is 25.3 Å². The Hall–Kier alpha value is -3.79. The van der Waals surface area contributed by atoms with Crippen molar-refractivity contribution in [2.75, 3.05) is 0 Å². The minimum Gasteiger partial charge on any atom is -0.245 e. The molecular formula is C25H23F2N7S. The maximum absolute atomic E-state index is 14.9. The van der Waals surface area contributed by atoms with Gasteiger partial charge in [-0.2, -0.15) is 14.0 Å². The van der Waals surface area contributed by atoms with Gasteiger partial charge in [-0.1, -0.05) is 61.5 Å². The summed E-state index contributed by atoms with van der Waals surface area (Å²) in [4.78, 5) is 4.85. The zero-order valence-electron chi connectivity index (χ0n) is 19.0. The molecule has 0 aliphatic rings. The molecule has 178 valence electrons. The third kappa shape index (κ3) is 5.02. The molecule has 0 spiro atoms. The van der Waals surface area contributed by atoms with E-state index in [1.807, 2.05) is 55.5 Å². The second kappa shape index (κ2) is 9.83. The van der Waals surface area contributed by atoms with Crippen LogP contribution in [0, 0.1) is 0 Å². The summed E-state index contributed by atoms with van der Waals surface area (Å²) in [7, 11) is 0. The SMILES string of the molecule is CCCc1nc(C(F)(F)Cc2cccs2)nn1Cc1ccc(-c2ccccc2-c2nn[nH]n2)cc1. The standard InChI is InChI=1S/C25H23F2N7S/c1-2-6-22-28-24(25(26,27)15-19-7-5-14-35-19)31-34(22)16-17-10-12-18(13-11-17)20-8-3-4-9-21(20)23-29-32-33-30-23/h3-5,7-14H,2,6,15-16H2,1H3,(H,29,30,32,33). The lowest BCUT2D eigenvalue weighted by Gasteiger charge is -2.11. The Kier molecular flexibility index (Phi) is 6.45. The molecule has 0 amide bonds. The summed E-state index contributed by atoms with van der Waals surface area (Å²) in [5.41, 5.74) is 3.78. The van der Waals surface area contributed by atoms with Crippen LogP contribution in [-0.4, -0.2) is 35.4 Å². The number of aromatic amines is 1. The molecule has 5 rings (SSSR count). The van der Waals surface area contributed by atoms with Crippen molar-refractivity contribution in [3.8, 4) is 22.5 Å². The number of aromatic nitrogens is 7. The molecule has 0 radical (unpaired) electrons. The smallest absolute Gasteiger partial charge is 0.245 e. The van der Waals surface area contributed by atoms with Crippen LogP contribution in [0.15, 0.2) is 66.0 Å². The number of rotatable bonds is 9. The van der Waals surface area contributed by atoms with Crippen LogP contribution in [0.5, 0.6) is 0 Å². The van der Waals surface area contributed by atoms with Gasteiger partial charge in [-0.15, -0.1) is 26.6 Å². The van der Waals surface area contributed by atoms with Gasteiger partial charge < -0.3 is 0 Å². The molecule has 1 N–H and O–H groups in total. The maximum Gasteiger partial charge on any atom is 0.313 e. The van der Waals surface area contributed by atoms with Gasteiger partial charge >= 0.3 is 5.92 Å². The Morgan fingerprint density at radius 2 is 1.80 bits per heavy atom. The summed E-state index contributed by atoms with van der Waals surface area (Å²) in [6.45, 7) is 2.36. The molecule has 3 aromatic heterocycles. The summed E-state index contributed by atoms with van der Waals surface area (Å²) < 4.78 is 31.5. The molecule has 0 unspecified atom stereocenters. The lowest BCUT2D eigenvalue weighted by Crippen LogP contribution is -2.19. The molecule has 0 fully saturated rings. The number of H-pyrrole nitrogens is 1. The molecule has 0 saturated carbocycles. The van der Waals surface area contributed by atoms with Crippen molar-refractivity contribution < 1.29 is 8.78 Å². The van der Waals surface area contributed by atoms with Crippen LogP contribution in [0.3, 0.4) is 0 Å². The van der Waals surface area contributed by atoms with Crippen LogP contribution in [0.25, 0.3) is 22.5 Å². The quantitative estimate of drug-likeness (QED) is 0.293. The second-order valence-corrected chi connectivity index (χ2v) is 9.23. The van der Waals surface area contributed by atoms with E-state index in [-0.39, 0.29) is 0 Å². The van der Waals surface area contributed by atoms with Crippen LogP contribution in [0.1, 0.15) is 35.4 Å². The third-order valence-electron chi connectivity index (χ3n) is 5.64. The summed E-state index contributed by atoms with van der Waals surface area (Å²) in [5, 5.41) is 20.4. The zero-order chi connectivity index (χ0) is 24.3. The number of halogens is 2. The van der Waals surface area contributed by atoms with E-state index < -0.39 is 18.2 Å². The van der Waals surface area contributed by atoms with Crippen molar-refractivity contribution in [1.82, 2.24) is 35.4 Å². The first-order valence-electron chi connectivity index (χ1n) is 11.3. The van der Waals surface area contributed by atoms with Gasteiger partial charge in [0, 0.05) is 16.9 Å². The molecule has 35 heavy (non-hydrogen) atoms. The average Bonchev–Trinajstić information content (AvgIpc) is 3.63. The number of benzene rings is 2. The highest BCUT2D eigenvalue weighted by molar-refractivity contribution is 7.09. The zero-order valence-corrected chi connectivity index (χ0v) is 19.8. The molecule has 0 aliphatic carbocycles. The maximum atomic E-state index is 14.9. The first-order chi connectivity index (χ1) is 17.0. The van der Waals surface area contributed by atoms with Crippen molar-refractivity contribution >= 4 is 11.3 Å². The lowest BCUT2D eigenvalue weighted by molar-refractivity contribution is -0.0125. The van der Waals surface area contributed by atoms with E-state index in [2.05, 4.69) is 30.7 Å². The van der Waals surface area contributed by atoms with E-state index >= 15 is 0 Å². The summed E-state index contributed by atoms with van der Waals surface area (Å²) in [6, 6.07) is 19.3. The first-order valence-corrected chi connectivity index (χ1v) is 12.2. The first kappa shape index (κ1) is 23.0. The van der Waals surface area contributed by atoms with Crippen molar-refractivity contribution in [2.45, 2.75) is 38.7 Å². The van der Waals surface area contributed by atoms with Gasteiger partial charge in [-0.05, 0) is 39.8 Å². The number of thiophene rings is 1. The van der Waals surface area contributed by atoms with Crippen molar-refractivity contribution in [3.05, 3.63) is 88.1 Å². The van der Waals surface area contributed by atoms with Crippen LogP contribution in [0.4, 0.5) is 8.78 Å². The molecular weight excluding hydrogens is 468 g/mol. The van der Waals surface area contributed by atoms with E-state index in [1.165, 1.54) is 11.3 Å². The minimum absolute atomic E-state index is 0.365. The van der Waals surface area contributed by atoms with E-state index in [9.17, 15) is 8.78 Å². The Labute approximate surface area is 204 Å². The highest BCUT2D eigenvalue weighted by atomic mass is 32.1. The summed E-state index contributed by atoms with van der Waals surface area (Å²) >= 11 is 1.31. The molecule has 0 aliphatic heterocycles. The van der Waals surface area contributed by atoms with Gasteiger partial charge in [0.25, 0.3) is 0 Å². The fraction of sp³-hybridized carbons (Fsp3) is 0.240. The molecule has 2 aromatic carbocycles. The van der Waals surface area contributed by atoms with Gasteiger partial charge in [-0.3, -0.25) is 0 Å². The van der Waals surface area contributed by atoms with Gasteiger partial charge in [0.1, 0.15) is 5.82 Å². The average molecular weight is 492 g/mol. The molecule has 0 atom stereocenters. The van der Waals surface area contributed by atoms with Crippen molar-refractivity contribution in [2.24, 2.45) is 0 Å². The topological polar surface area (TPSA) is 85.2 Å². The number of nitrogens with zero attached hydrogens (tertiary/aromatic N) is 6. The summed E-state index contributed by atoms with van der Waals surface area (Å²) in [5.74, 6) is -2.45. The van der Waals surface area contributed by atoms with Crippen molar-refractivity contribution in [3.63, 3.8) is 0 Å². The van der Waals surface area contributed by atoms with Gasteiger partial charge in [0.15, 0.2) is 0 Å². The van der Waals surface area contributed by atoms with Gasteiger partial charge in [-0.25, -0.2) is 9.67 Å². The number of hydrogen-bond acceptors (Lipinski definition) is 6. The fourth-order valence-electron chi connectivity index (χ4n) is 3.94. The monoisotopic (exact) mass is 491 g/mol. The molecule has 10 heteroatoms. The Morgan fingerprint density at radius 1 is 1.00 bits per heavy atom. The minimum atomic E-state index is -3.12.